The van der Waals surface area contributed by atoms with Gasteiger partial charge in [-0.05, 0) is 47.9 Å². The number of benzene rings is 3. The highest BCUT2D eigenvalue weighted by Gasteiger charge is 2.20. The van der Waals surface area contributed by atoms with Gasteiger partial charge < -0.3 is 4.74 Å². The summed E-state index contributed by atoms with van der Waals surface area (Å²) >= 11 is 0. The molecule has 0 aliphatic heterocycles. The van der Waals surface area contributed by atoms with Crippen molar-refractivity contribution in [2.24, 2.45) is 0 Å². The lowest BCUT2D eigenvalue weighted by atomic mass is 9.96. The number of ether oxygens (including phenoxy) is 1. The van der Waals surface area contributed by atoms with E-state index >= 15 is 0 Å². The van der Waals surface area contributed by atoms with Crippen LogP contribution in [0, 0.1) is 21.7 Å². The van der Waals surface area contributed by atoms with E-state index in [1.165, 1.54) is 24.3 Å². The third-order valence-corrected chi connectivity index (χ3v) is 4.67. The second-order valence-corrected chi connectivity index (χ2v) is 6.65. The first-order valence-corrected chi connectivity index (χ1v) is 8.97. The van der Waals surface area contributed by atoms with Crippen molar-refractivity contribution in [2.75, 3.05) is 7.11 Å². The van der Waals surface area contributed by atoms with Crippen molar-refractivity contribution >= 4 is 5.69 Å². The fraction of sp³-hybridized carbons (Fsp3) is 0.182. The Morgan fingerprint density at radius 3 is 2.17 bits per heavy atom. The molecule has 3 aromatic carbocycles. The van der Waals surface area contributed by atoms with Crippen LogP contribution in [0.3, 0.4) is 0 Å². The Morgan fingerprint density at radius 1 is 0.931 bits per heavy atom. The molecule has 1 N–H and O–H groups in total. The summed E-state index contributed by atoms with van der Waals surface area (Å²) in [4.78, 5) is 10.7. The number of hydrogen-bond acceptors (Lipinski definition) is 4. The van der Waals surface area contributed by atoms with Crippen LogP contribution in [0.2, 0.25) is 0 Å². The van der Waals surface area contributed by atoms with Crippen LogP contribution < -0.4 is 10.1 Å². The van der Waals surface area contributed by atoms with Crippen LogP contribution in [0.15, 0.2) is 66.7 Å². The summed E-state index contributed by atoms with van der Waals surface area (Å²) < 4.78 is 32.5. The molecule has 3 aromatic rings. The van der Waals surface area contributed by atoms with Gasteiger partial charge in [0.15, 0.2) is 0 Å². The molecule has 0 aliphatic carbocycles. The molecule has 0 amide bonds. The van der Waals surface area contributed by atoms with Crippen LogP contribution in [0.4, 0.5) is 14.5 Å². The van der Waals surface area contributed by atoms with Gasteiger partial charge in [0.05, 0.1) is 18.1 Å². The fourth-order valence-electron chi connectivity index (χ4n) is 3.17. The fourth-order valence-corrected chi connectivity index (χ4v) is 3.17. The molecule has 0 saturated carbocycles. The SMILES string of the molecule is COc1ccc(C(NC(C)c2cc(F)cc(F)c2)c2cccc([N+](=O)[O-])c2)cc1. The number of hydrogen-bond donors (Lipinski definition) is 1. The second kappa shape index (κ2) is 8.79. The molecular formula is C22H20F2N2O3. The maximum Gasteiger partial charge on any atom is 0.269 e. The number of nitrogens with one attached hydrogen (secondary N) is 1. The topological polar surface area (TPSA) is 64.4 Å². The van der Waals surface area contributed by atoms with Gasteiger partial charge in [-0.25, -0.2) is 8.78 Å². The van der Waals surface area contributed by atoms with Crippen LogP contribution >= 0.6 is 0 Å². The first-order chi connectivity index (χ1) is 13.9. The third-order valence-electron chi connectivity index (χ3n) is 4.67. The molecule has 2 atom stereocenters. The molecule has 0 bridgehead atoms. The van der Waals surface area contributed by atoms with Crippen molar-refractivity contribution in [3.05, 3.63) is 105 Å². The lowest BCUT2D eigenvalue weighted by Crippen LogP contribution is -2.26. The molecule has 0 saturated heterocycles. The van der Waals surface area contributed by atoms with Crippen LogP contribution in [0.1, 0.15) is 35.7 Å². The van der Waals surface area contributed by atoms with Crippen molar-refractivity contribution in [1.29, 1.82) is 0 Å². The summed E-state index contributed by atoms with van der Waals surface area (Å²) in [5.41, 5.74) is 1.89. The Labute approximate surface area is 167 Å². The van der Waals surface area contributed by atoms with Gasteiger partial charge in [-0.1, -0.05) is 24.3 Å². The van der Waals surface area contributed by atoms with E-state index in [1.807, 2.05) is 12.1 Å². The molecule has 0 fully saturated rings. The zero-order valence-corrected chi connectivity index (χ0v) is 15.9. The van der Waals surface area contributed by atoms with Crippen LogP contribution in [-0.2, 0) is 0 Å². The summed E-state index contributed by atoms with van der Waals surface area (Å²) in [7, 11) is 1.56. The first-order valence-electron chi connectivity index (χ1n) is 8.97. The van der Waals surface area contributed by atoms with E-state index in [9.17, 15) is 18.9 Å². The number of rotatable bonds is 7. The molecule has 0 heterocycles. The molecule has 0 spiro atoms. The Morgan fingerprint density at radius 2 is 1.59 bits per heavy atom. The summed E-state index contributed by atoms with van der Waals surface area (Å²) in [5.74, 6) is -0.651. The monoisotopic (exact) mass is 398 g/mol. The highest BCUT2D eigenvalue weighted by Crippen LogP contribution is 2.29. The minimum Gasteiger partial charge on any atom is -0.497 e. The van der Waals surface area contributed by atoms with Gasteiger partial charge in [0.2, 0.25) is 0 Å². The van der Waals surface area contributed by atoms with E-state index in [0.717, 1.165) is 11.6 Å². The van der Waals surface area contributed by atoms with E-state index in [1.54, 1.807) is 38.3 Å². The second-order valence-electron chi connectivity index (χ2n) is 6.65. The molecule has 7 heteroatoms. The standard InChI is InChI=1S/C22H20F2N2O3/c1-14(17-10-18(23)13-19(24)11-17)25-22(15-6-8-21(29-2)9-7-15)16-4-3-5-20(12-16)26(27)28/h3-14,22,25H,1-2H3. The number of methoxy groups -OCH3 is 1. The van der Waals surface area contributed by atoms with E-state index < -0.39 is 28.6 Å². The van der Waals surface area contributed by atoms with Gasteiger partial charge in [-0.3, -0.25) is 15.4 Å². The highest BCUT2D eigenvalue weighted by atomic mass is 19.1. The van der Waals surface area contributed by atoms with Gasteiger partial charge in [-0.2, -0.15) is 0 Å². The van der Waals surface area contributed by atoms with Gasteiger partial charge in [0, 0.05) is 24.2 Å². The molecule has 29 heavy (non-hydrogen) atoms. The smallest absolute Gasteiger partial charge is 0.269 e. The Hall–Kier alpha value is -3.32. The predicted molar refractivity (Wildman–Crippen MR) is 106 cm³/mol. The predicted octanol–water partition coefficient (Wildman–Crippen LogP) is 5.32. The van der Waals surface area contributed by atoms with Crippen molar-refractivity contribution in [3.63, 3.8) is 0 Å². The van der Waals surface area contributed by atoms with E-state index in [-0.39, 0.29) is 5.69 Å². The number of nitro benzene ring substituents is 1. The highest BCUT2D eigenvalue weighted by molar-refractivity contribution is 5.41. The number of non-ortho nitro benzene ring substituents is 1. The average molecular weight is 398 g/mol. The minimum absolute atomic E-state index is 0.0349. The Bertz CT molecular complexity index is 989. The maximum atomic E-state index is 13.6. The normalized spacial score (nSPS) is 13.0. The molecular weight excluding hydrogens is 378 g/mol. The van der Waals surface area contributed by atoms with E-state index in [4.69, 9.17) is 4.74 Å². The molecule has 0 aromatic heterocycles. The first kappa shape index (κ1) is 20.4. The van der Waals surface area contributed by atoms with Crippen LogP contribution in [-0.4, -0.2) is 12.0 Å². The van der Waals surface area contributed by atoms with E-state index in [0.29, 0.717) is 16.9 Å². The quantitative estimate of drug-likeness (QED) is 0.432. The Kier molecular flexibility index (Phi) is 6.19. The van der Waals surface area contributed by atoms with Gasteiger partial charge in [0.1, 0.15) is 17.4 Å². The Balaban J connectivity index is 1.99. The zero-order chi connectivity index (χ0) is 21.0. The lowest BCUT2D eigenvalue weighted by molar-refractivity contribution is -0.384. The van der Waals surface area contributed by atoms with Gasteiger partial charge >= 0.3 is 0 Å². The zero-order valence-electron chi connectivity index (χ0n) is 15.9. The molecule has 2 unspecified atom stereocenters. The van der Waals surface area contributed by atoms with Crippen LogP contribution in [0.5, 0.6) is 5.75 Å². The largest absolute Gasteiger partial charge is 0.497 e. The minimum atomic E-state index is -0.662. The molecule has 0 aliphatic rings. The summed E-state index contributed by atoms with van der Waals surface area (Å²) in [6.45, 7) is 1.78. The number of nitro groups is 1. The summed E-state index contributed by atoms with van der Waals surface area (Å²) in [6, 6.07) is 16.0. The number of halogens is 2. The molecule has 150 valence electrons. The third kappa shape index (κ3) is 4.94. The van der Waals surface area contributed by atoms with E-state index in [2.05, 4.69) is 5.32 Å². The molecule has 3 rings (SSSR count). The summed E-state index contributed by atoms with van der Waals surface area (Å²) in [6.07, 6.45) is 0. The molecule has 0 radical (unpaired) electrons. The van der Waals surface area contributed by atoms with Crippen LogP contribution in [0.25, 0.3) is 0 Å². The summed E-state index contributed by atoms with van der Waals surface area (Å²) in [5, 5.41) is 14.5. The van der Waals surface area contributed by atoms with Gasteiger partial charge in [-0.15, -0.1) is 0 Å². The van der Waals surface area contributed by atoms with Gasteiger partial charge in [0.25, 0.3) is 5.69 Å². The number of nitrogens with zero attached hydrogens (tertiary/aromatic N) is 1. The van der Waals surface area contributed by atoms with Crippen molar-refractivity contribution in [2.45, 2.75) is 19.0 Å². The molecule has 5 nitrogen and oxygen atoms in total. The average Bonchev–Trinajstić information content (AvgIpc) is 2.71. The van der Waals surface area contributed by atoms with Crippen molar-refractivity contribution in [1.82, 2.24) is 5.32 Å². The maximum absolute atomic E-state index is 13.6. The van der Waals surface area contributed by atoms with Crippen molar-refractivity contribution < 1.29 is 18.4 Å². The van der Waals surface area contributed by atoms with Crippen molar-refractivity contribution in [3.8, 4) is 5.75 Å². The lowest BCUT2D eigenvalue weighted by Gasteiger charge is -2.25.